The van der Waals surface area contributed by atoms with E-state index < -0.39 is 16.0 Å². The molecule has 1 N–H and O–H groups in total. The van der Waals surface area contributed by atoms with Crippen LogP contribution in [0.2, 0.25) is 0 Å². The Morgan fingerprint density at radius 3 is 2.44 bits per heavy atom. The van der Waals surface area contributed by atoms with Crippen molar-refractivity contribution in [2.24, 2.45) is 0 Å². The van der Waals surface area contributed by atoms with Crippen LogP contribution in [0.3, 0.4) is 0 Å². The Bertz CT molecular complexity index is 563. The molecule has 2 rings (SSSR count). The minimum atomic E-state index is -3.72. The number of nitrogens with zero attached hydrogens (tertiary/aromatic N) is 1. The lowest BCUT2D eigenvalue weighted by Gasteiger charge is -2.33. The summed E-state index contributed by atoms with van der Waals surface area (Å²) in [6.07, 6.45) is 2.70. The van der Waals surface area contributed by atoms with E-state index in [9.17, 15) is 13.2 Å². The van der Waals surface area contributed by atoms with Crippen LogP contribution in [-0.2, 0) is 10.0 Å². The molecule has 0 atom stereocenters. The summed E-state index contributed by atoms with van der Waals surface area (Å²) < 4.78 is 26.0. The monoisotopic (exact) mass is 269 g/mol. The summed E-state index contributed by atoms with van der Waals surface area (Å²) in [5.74, 6) is -1.23. The largest absolute Gasteiger partial charge is 0.478 e. The van der Waals surface area contributed by atoms with Crippen molar-refractivity contribution in [1.82, 2.24) is 4.31 Å². The topological polar surface area (TPSA) is 74.7 Å². The highest BCUT2D eigenvalue weighted by molar-refractivity contribution is 7.89. The maximum Gasteiger partial charge on any atom is 0.337 e. The predicted molar refractivity (Wildman–Crippen MR) is 66.0 cm³/mol. The number of sulfonamides is 1. The lowest BCUT2D eigenvalue weighted by atomic mass is 9.94. The summed E-state index contributed by atoms with van der Waals surface area (Å²) in [5.41, 5.74) is -0.177. The van der Waals surface area contributed by atoms with Crippen molar-refractivity contribution in [3.05, 3.63) is 29.8 Å². The minimum Gasteiger partial charge on any atom is -0.478 e. The molecule has 0 radical (unpaired) electrons. The molecule has 1 aliphatic rings. The predicted octanol–water partition coefficient (Wildman–Crippen LogP) is 1.56. The molecule has 0 bridgehead atoms. The average molecular weight is 269 g/mol. The van der Waals surface area contributed by atoms with Gasteiger partial charge in [0.15, 0.2) is 0 Å². The molecule has 1 fully saturated rings. The molecule has 98 valence electrons. The molecule has 0 heterocycles. The van der Waals surface area contributed by atoms with Gasteiger partial charge < -0.3 is 5.11 Å². The molecule has 0 aliphatic heterocycles. The van der Waals surface area contributed by atoms with E-state index in [0.29, 0.717) is 0 Å². The molecule has 0 unspecified atom stereocenters. The van der Waals surface area contributed by atoms with Crippen LogP contribution < -0.4 is 0 Å². The lowest BCUT2D eigenvalue weighted by molar-refractivity contribution is 0.0692. The van der Waals surface area contributed by atoms with Gasteiger partial charge in [0, 0.05) is 13.1 Å². The van der Waals surface area contributed by atoms with E-state index in [1.54, 1.807) is 0 Å². The van der Waals surface area contributed by atoms with Crippen LogP contribution in [0.25, 0.3) is 0 Å². The first-order valence-corrected chi connectivity index (χ1v) is 7.19. The van der Waals surface area contributed by atoms with E-state index in [1.807, 2.05) is 0 Å². The van der Waals surface area contributed by atoms with Gasteiger partial charge in [-0.2, -0.15) is 4.31 Å². The van der Waals surface area contributed by atoms with Crippen LogP contribution in [0.1, 0.15) is 29.6 Å². The van der Waals surface area contributed by atoms with E-state index >= 15 is 0 Å². The second-order valence-electron chi connectivity index (χ2n) is 4.41. The number of carboxylic acid groups (broad SMARTS) is 1. The van der Waals surface area contributed by atoms with Crippen molar-refractivity contribution in [2.75, 3.05) is 7.05 Å². The van der Waals surface area contributed by atoms with Crippen molar-refractivity contribution >= 4 is 16.0 Å². The summed E-state index contributed by atoms with van der Waals surface area (Å²) >= 11 is 0. The van der Waals surface area contributed by atoms with Crippen LogP contribution >= 0.6 is 0 Å². The van der Waals surface area contributed by atoms with Gasteiger partial charge in [-0.1, -0.05) is 18.6 Å². The smallest absolute Gasteiger partial charge is 0.337 e. The third kappa shape index (κ3) is 2.13. The number of aromatic carboxylic acids is 1. The molecule has 0 amide bonds. The standard InChI is InChI=1S/C12H15NO4S/c1-13(9-5-4-6-9)18(16,17)11-8-3-2-7-10(11)12(14)15/h2-3,7-9H,4-6H2,1H3,(H,14,15). The second kappa shape index (κ2) is 4.70. The van der Waals surface area contributed by atoms with Crippen molar-refractivity contribution in [3.8, 4) is 0 Å². The van der Waals surface area contributed by atoms with Gasteiger partial charge in [-0.15, -0.1) is 0 Å². The van der Waals surface area contributed by atoms with E-state index in [2.05, 4.69) is 0 Å². The first kappa shape index (κ1) is 13.0. The summed E-state index contributed by atoms with van der Waals surface area (Å²) in [4.78, 5) is 10.9. The Balaban J connectivity index is 2.43. The van der Waals surface area contributed by atoms with Gasteiger partial charge in [-0.05, 0) is 25.0 Å². The first-order valence-electron chi connectivity index (χ1n) is 5.75. The number of hydrogen-bond acceptors (Lipinski definition) is 3. The van der Waals surface area contributed by atoms with Crippen molar-refractivity contribution in [3.63, 3.8) is 0 Å². The highest BCUT2D eigenvalue weighted by Crippen LogP contribution is 2.29. The van der Waals surface area contributed by atoms with Crippen molar-refractivity contribution < 1.29 is 18.3 Å². The quantitative estimate of drug-likeness (QED) is 0.900. The summed E-state index contributed by atoms with van der Waals surface area (Å²) in [5, 5.41) is 9.04. The fourth-order valence-electron chi connectivity index (χ4n) is 1.97. The van der Waals surface area contributed by atoms with E-state index in [4.69, 9.17) is 5.11 Å². The molecule has 5 nitrogen and oxygen atoms in total. The molecular weight excluding hydrogens is 254 g/mol. The SMILES string of the molecule is CN(C1CCC1)S(=O)(=O)c1ccccc1C(=O)O. The van der Waals surface area contributed by atoms with Crippen LogP contribution in [0.4, 0.5) is 0 Å². The number of carboxylic acids is 1. The number of benzene rings is 1. The van der Waals surface area contributed by atoms with E-state index in [1.165, 1.54) is 35.6 Å². The highest BCUT2D eigenvalue weighted by atomic mass is 32.2. The molecule has 6 heteroatoms. The van der Waals surface area contributed by atoms with Crippen LogP contribution in [-0.4, -0.2) is 36.9 Å². The molecule has 0 saturated heterocycles. The maximum absolute atomic E-state index is 12.4. The van der Waals surface area contributed by atoms with Crippen molar-refractivity contribution in [2.45, 2.75) is 30.2 Å². The van der Waals surface area contributed by atoms with Gasteiger partial charge in [0.2, 0.25) is 10.0 Å². The van der Waals surface area contributed by atoms with Crippen LogP contribution in [0.15, 0.2) is 29.2 Å². The molecule has 0 aromatic heterocycles. The molecule has 1 aromatic rings. The molecule has 0 spiro atoms. The van der Waals surface area contributed by atoms with Crippen LogP contribution in [0, 0.1) is 0 Å². The average Bonchev–Trinajstić information content (AvgIpc) is 2.26. The minimum absolute atomic E-state index is 0.00292. The van der Waals surface area contributed by atoms with Crippen molar-refractivity contribution in [1.29, 1.82) is 0 Å². The third-order valence-electron chi connectivity index (χ3n) is 3.36. The first-order chi connectivity index (χ1) is 8.44. The Morgan fingerprint density at radius 2 is 1.94 bits per heavy atom. The highest BCUT2D eigenvalue weighted by Gasteiger charge is 2.33. The zero-order valence-electron chi connectivity index (χ0n) is 10.0. The van der Waals surface area contributed by atoms with Gasteiger partial charge in [0.05, 0.1) is 10.5 Å². The fraction of sp³-hybridized carbons (Fsp3) is 0.417. The second-order valence-corrected chi connectivity index (χ2v) is 6.37. The van der Waals surface area contributed by atoms with Crippen LogP contribution in [0.5, 0.6) is 0 Å². The van der Waals surface area contributed by atoms with Gasteiger partial charge in [-0.25, -0.2) is 13.2 Å². The molecule has 1 aliphatic carbocycles. The number of hydrogen-bond donors (Lipinski definition) is 1. The lowest BCUT2D eigenvalue weighted by Crippen LogP contribution is -2.41. The Hall–Kier alpha value is -1.40. The maximum atomic E-state index is 12.4. The number of carbonyl (C=O) groups is 1. The Morgan fingerprint density at radius 1 is 1.33 bits per heavy atom. The van der Waals surface area contributed by atoms with Gasteiger partial charge in [0.1, 0.15) is 0 Å². The summed E-state index contributed by atoms with van der Waals surface area (Å²) in [7, 11) is -2.21. The molecular formula is C12H15NO4S. The van der Waals surface area contributed by atoms with E-state index in [-0.39, 0.29) is 16.5 Å². The fourth-order valence-corrected chi connectivity index (χ4v) is 3.57. The number of rotatable bonds is 4. The summed E-state index contributed by atoms with van der Waals surface area (Å²) in [6.45, 7) is 0. The summed E-state index contributed by atoms with van der Waals surface area (Å²) in [6, 6.07) is 5.70. The van der Waals surface area contributed by atoms with Gasteiger partial charge in [0.25, 0.3) is 0 Å². The molecule has 18 heavy (non-hydrogen) atoms. The zero-order chi connectivity index (χ0) is 13.3. The Kier molecular flexibility index (Phi) is 3.41. The van der Waals surface area contributed by atoms with Gasteiger partial charge >= 0.3 is 5.97 Å². The van der Waals surface area contributed by atoms with Gasteiger partial charge in [-0.3, -0.25) is 0 Å². The normalized spacial score (nSPS) is 16.6. The zero-order valence-corrected chi connectivity index (χ0v) is 10.9. The van der Waals surface area contributed by atoms with E-state index in [0.717, 1.165) is 19.3 Å². The molecule has 1 aromatic carbocycles. The molecule has 1 saturated carbocycles. The Labute approximate surface area is 106 Å². The third-order valence-corrected chi connectivity index (χ3v) is 5.33.